The number of carbonyl (C=O) groups is 2. The number of aromatic nitrogens is 2. The molecule has 0 atom stereocenters. The van der Waals surface area contributed by atoms with Crippen molar-refractivity contribution in [1.29, 1.82) is 0 Å². The van der Waals surface area contributed by atoms with Crippen LogP contribution in [0, 0.1) is 13.8 Å². The first-order valence-electron chi connectivity index (χ1n) is 11.5. The van der Waals surface area contributed by atoms with Crippen molar-refractivity contribution in [3.8, 4) is 0 Å². The van der Waals surface area contributed by atoms with Gasteiger partial charge in [-0.3, -0.25) is 14.3 Å². The molecular weight excluding hydrogens is 448 g/mol. The zero-order valence-electron chi connectivity index (χ0n) is 19.5. The van der Waals surface area contributed by atoms with E-state index in [0.29, 0.717) is 30.2 Å². The molecular formula is C27H29ClN4O2. The molecule has 1 saturated heterocycles. The summed E-state index contributed by atoms with van der Waals surface area (Å²) in [7, 11) is 0. The standard InChI is InChI=1S/C27H29ClN4O2/c1-19-24(20(2)32(30-19)18-22-10-6-7-11-25(22)28)12-13-26(33)31-16-14-23(15-17-31)29-27(34)21-8-4-3-5-9-21/h3-13,23H,14-18H2,1-2H3,(H,29,34)/b13-12+. The van der Waals surface area contributed by atoms with Gasteiger partial charge in [0.2, 0.25) is 5.91 Å². The smallest absolute Gasteiger partial charge is 0.251 e. The Balaban J connectivity index is 1.33. The number of likely N-dealkylation sites (tertiary alicyclic amines) is 1. The molecule has 1 fully saturated rings. The second-order valence-electron chi connectivity index (χ2n) is 8.61. The van der Waals surface area contributed by atoms with Crippen LogP contribution in [0.25, 0.3) is 6.08 Å². The van der Waals surface area contributed by atoms with Crippen LogP contribution >= 0.6 is 11.6 Å². The normalized spacial score (nSPS) is 14.5. The van der Waals surface area contributed by atoms with E-state index in [1.54, 1.807) is 18.2 Å². The van der Waals surface area contributed by atoms with Crippen molar-refractivity contribution in [2.24, 2.45) is 0 Å². The molecule has 2 aromatic carbocycles. The molecule has 0 spiro atoms. The fourth-order valence-corrected chi connectivity index (χ4v) is 4.45. The number of carbonyl (C=O) groups excluding carboxylic acids is 2. The van der Waals surface area contributed by atoms with E-state index in [1.807, 2.05) is 72.0 Å². The van der Waals surface area contributed by atoms with E-state index in [0.717, 1.165) is 35.4 Å². The number of benzene rings is 2. The minimum atomic E-state index is -0.0648. The maximum absolute atomic E-state index is 12.8. The lowest BCUT2D eigenvalue weighted by molar-refractivity contribution is -0.126. The summed E-state index contributed by atoms with van der Waals surface area (Å²) in [5, 5.41) is 8.43. The fraction of sp³-hybridized carbons (Fsp3) is 0.296. The van der Waals surface area contributed by atoms with Gasteiger partial charge in [0.05, 0.1) is 12.2 Å². The second-order valence-corrected chi connectivity index (χ2v) is 9.01. The molecule has 1 aliphatic rings. The Bertz CT molecular complexity index is 1190. The number of hydrogen-bond acceptors (Lipinski definition) is 3. The lowest BCUT2D eigenvalue weighted by atomic mass is 10.0. The number of hydrogen-bond donors (Lipinski definition) is 1. The van der Waals surface area contributed by atoms with Gasteiger partial charge in [0, 0.05) is 47.1 Å². The van der Waals surface area contributed by atoms with Crippen LogP contribution in [0.2, 0.25) is 5.02 Å². The Kier molecular flexibility index (Phi) is 7.48. The molecule has 0 saturated carbocycles. The summed E-state index contributed by atoms with van der Waals surface area (Å²) >= 11 is 6.30. The highest BCUT2D eigenvalue weighted by atomic mass is 35.5. The van der Waals surface area contributed by atoms with Gasteiger partial charge < -0.3 is 10.2 Å². The van der Waals surface area contributed by atoms with Gasteiger partial charge in [-0.05, 0) is 56.5 Å². The van der Waals surface area contributed by atoms with Gasteiger partial charge >= 0.3 is 0 Å². The number of piperidine rings is 1. The summed E-state index contributed by atoms with van der Waals surface area (Å²) in [6.07, 6.45) is 4.96. The molecule has 1 aliphatic heterocycles. The van der Waals surface area contributed by atoms with E-state index in [9.17, 15) is 9.59 Å². The van der Waals surface area contributed by atoms with Gasteiger partial charge in [-0.15, -0.1) is 0 Å². The van der Waals surface area contributed by atoms with Crippen molar-refractivity contribution in [3.05, 3.63) is 93.8 Å². The summed E-state index contributed by atoms with van der Waals surface area (Å²) in [5.74, 6) is -0.0875. The van der Waals surface area contributed by atoms with Crippen molar-refractivity contribution in [2.75, 3.05) is 13.1 Å². The highest BCUT2D eigenvalue weighted by molar-refractivity contribution is 6.31. The maximum Gasteiger partial charge on any atom is 0.251 e. The van der Waals surface area contributed by atoms with Crippen molar-refractivity contribution in [2.45, 2.75) is 39.3 Å². The number of halogens is 1. The largest absolute Gasteiger partial charge is 0.349 e. The predicted octanol–water partition coefficient (Wildman–Crippen LogP) is 4.64. The lowest BCUT2D eigenvalue weighted by Crippen LogP contribution is -2.46. The lowest BCUT2D eigenvalue weighted by Gasteiger charge is -2.31. The van der Waals surface area contributed by atoms with Gasteiger partial charge in [0.25, 0.3) is 5.91 Å². The Labute approximate surface area is 205 Å². The Morgan fingerprint density at radius 3 is 2.44 bits per heavy atom. The molecule has 0 unspecified atom stereocenters. The third-order valence-corrected chi connectivity index (χ3v) is 6.65. The van der Waals surface area contributed by atoms with Crippen LogP contribution in [0.1, 0.15) is 45.7 Å². The molecule has 1 N–H and O–H groups in total. The first-order chi connectivity index (χ1) is 16.4. The predicted molar refractivity (Wildman–Crippen MR) is 135 cm³/mol. The molecule has 176 valence electrons. The van der Waals surface area contributed by atoms with E-state index in [4.69, 9.17) is 11.6 Å². The number of nitrogens with zero attached hydrogens (tertiary/aromatic N) is 3. The monoisotopic (exact) mass is 476 g/mol. The zero-order chi connectivity index (χ0) is 24.1. The van der Waals surface area contributed by atoms with Crippen LogP contribution in [0.3, 0.4) is 0 Å². The first kappa shape index (κ1) is 23.8. The SMILES string of the molecule is Cc1nn(Cc2ccccc2Cl)c(C)c1/C=C/C(=O)N1CCC(NC(=O)c2ccccc2)CC1. The van der Waals surface area contributed by atoms with Crippen LogP contribution in [0.4, 0.5) is 0 Å². The van der Waals surface area contributed by atoms with Crippen LogP contribution in [-0.2, 0) is 11.3 Å². The van der Waals surface area contributed by atoms with Crippen molar-refractivity contribution in [1.82, 2.24) is 20.0 Å². The van der Waals surface area contributed by atoms with Gasteiger partial charge in [0.15, 0.2) is 0 Å². The minimum Gasteiger partial charge on any atom is -0.349 e. The van der Waals surface area contributed by atoms with Gasteiger partial charge in [0.1, 0.15) is 0 Å². The summed E-state index contributed by atoms with van der Waals surface area (Å²) < 4.78 is 1.92. The topological polar surface area (TPSA) is 67.2 Å². The third-order valence-electron chi connectivity index (χ3n) is 6.29. The molecule has 0 radical (unpaired) electrons. The zero-order valence-corrected chi connectivity index (χ0v) is 20.3. The van der Waals surface area contributed by atoms with E-state index in [1.165, 1.54) is 0 Å². The number of amides is 2. The molecule has 2 heterocycles. The summed E-state index contributed by atoms with van der Waals surface area (Å²) in [6, 6.07) is 17.0. The molecule has 1 aromatic heterocycles. The van der Waals surface area contributed by atoms with Crippen molar-refractivity contribution >= 4 is 29.5 Å². The average molecular weight is 477 g/mol. The molecule has 7 heteroatoms. The highest BCUT2D eigenvalue weighted by Gasteiger charge is 2.23. The summed E-state index contributed by atoms with van der Waals surface area (Å²) in [5.41, 5.74) is 4.47. The highest BCUT2D eigenvalue weighted by Crippen LogP contribution is 2.21. The number of aryl methyl sites for hydroxylation is 1. The number of nitrogens with one attached hydrogen (secondary N) is 1. The quantitative estimate of drug-likeness (QED) is 0.527. The van der Waals surface area contributed by atoms with Crippen molar-refractivity contribution in [3.63, 3.8) is 0 Å². The minimum absolute atomic E-state index is 0.0227. The molecule has 2 amide bonds. The molecule has 0 bridgehead atoms. The average Bonchev–Trinajstić information content (AvgIpc) is 3.12. The number of rotatable bonds is 6. The van der Waals surface area contributed by atoms with Crippen LogP contribution < -0.4 is 5.32 Å². The Morgan fingerprint density at radius 2 is 1.74 bits per heavy atom. The van der Waals surface area contributed by atoms with E-state index in [2.05, 4.69) is 10.4 Å². The fourth-order valence-electron chi connectivity index (χ4n) is 4.26. The van der Waals surface area contributed by atoms with E-state index >= 15 is 0 Å². The van der Waals surface area contributed by atoms with E-state index in [-0.39, 0.29) is 17.9 Å². The Hall–Kier alpha value is -3.38. The van der Waals surface area contributed by atoms with Gasteiger partial charge in [-0.1, -0.05) is 48.0 Å². The van der Waals surface area contributed by atoms with Crippen LogP contribution in [0.15, 0.2) is 60.7 Å². The molecule has 4 rings (SSSR count). The third kappa shape index (κ3) is 5.57. The maximum atomic E-state index is 12.8. The van der Waals surface area contributed by atoms with Crippen molar-refractivity contribution < 1.29 is 9.59 Å². The summed E-state index contributed by atoms with van der Waals surface area (Å²) in [4.78, 5) is 27.0. The summed E-state index contributed by atoms with van der Waals surface area (Å²) in [6.45, 7) is 5.76. The molecule has 34 heavy (non-hydrogen) atoms. The van der Waals surface area contributed by atoms with Gasteiger partial charge in [-0.2, -0.15) is 5.10 Å². The molecule has 3 aromatic rings. The van der Waals surface area contributed by atoms with Gasteiger partial charge in [-0.25, -0.2) is 0 Å². The van der Waals surface area contributed by atoms with Crippen LogP contribution in [-0.4, -0.2) is 45.6 Å². The first-order valence-corrected chi connectivity index (χ1v) is 11.9. The molecule has 6 nitrogen and oxygen atoms in total. The Morgan fingerprint density at radius 1 is 1.06 bits per heavy atom. The second kappa shape index (κ2) is 10.7. The van der Waals surface area contributed by atoms with E-state index < -0.39 is 0 Å². The molecule has 0 aliphatic carbocycles. The van der Waals surface area contributed by atoms with Crippen LogP contribution in [0.5, 0.6) is 0 Å².